The minimum absolute atomic E-state index is 0.197. The molecule has 1 aromatic heterocycles. The number of fused-ring (bicyclic) bond motifs is 1. The topological polar surface area (TPSA) is 63.2 Å². The number of rotatable bonds is 3. The van der Waals surface area contributed by atoms with Crippen molar-refractivity contribution in [3.63, 3.8) is 0 Å². The molecule has 3 rings (SSSR count). The van der Waals surface area contributed by atoms with Crippen LogP contribution >= 0.6 is 12.2 Å². The monoisotopic (exact) mass is 337 g/mol. The van der Waals surface area contributed by atoms with Crippen molar-refractivity contribution in [3.05, 3.63) is 66.5 Å². The molecule has 5 nitrogen and oxygen atoms in total. The lowest BCUT2D eigenvalue weighted by Gasteiger charge is -2.12. The molecule has 0 fully saturated rings. The summed E-state index contributed by atoms with van der Waals surface area (Å²) >= 11 is 5.18. The number of amides is 1. The van der Waals surface area contributed by atoms with E-state index in [2.05, 4.69) is 15.6 Å². The summed E-state index contributed by atoms with van der Waals surface area (Å²) in [5.41, 5.74) is 1.12. The van der Waals surface area contributed by atoms with Crippen molar-refractivity contribution < 1.29 is 9.53 Å². The second kappa shape index (κ2) is 7.06. The Bertz CT molecular complexity index is 897. The first-order valence-corrected chi connectivity index (χ1v) is 7.67. The lowest BCUT2D eigenvalue weighted by atomic mass is 10.1. The van der Waals surface area contributed by atoms with Crippen molar-refractivity contribution >= 4 is 39.7 Å². The van der Waals surface area contributed by atoms with E-state index in [1.54, 1.807) is 24.5 Å². The molecule has 24 heavy (non-hydrogen) atoms. The minimum atomic E-state index is -0.334. The number of benzene rings is 2. The normalized spacial score (nSPS) is 10.2. The van der Waals surface area contributed by atoms with E-state index in [4.69, 9.17) is 17.0 Å². The highest BCUT2D eigenvalue weighted by molar-refractivity contribution is 7.80. The molecule has 0 aliphatic rings. The van der Waals surface area contributed by atoms with Gasteiger partial charge in [-0.1, -0.05) is 24.3 Å². The molecule has 3 aromatic rings. The van der Waals surface area contributed by atoms with Gasteiger partial charge in [-0.2, -0.15) is 0 Å². The van der Waals surface area contributed by atoms with Gasteiger partial charge in [-0.25, -0.2) is 0 Å². The van der Waals surface area contributed by atoms with Gasteiger partial charge in [0.15, 0.2) is 5.11 Å². The van der Waals surface area contributed by atoms with Crippen LogP contribution < -0.4 is 15.4 Å². The van der Waals surface area contributed by atoms with Gasteiger partial charge in [0.25, 0.3) is 5.91 Å². The molecule has 1 heterocycles. The number of methoxy groups -OCH3 is 1. The van der Waals surface area contributed by atoms with Gasteiger partial charge in [0.2, 0.25) is 0 Å². The Morgan fingerprint density at radius 1 is 1.12 bits per heavy atom. The first-order chi connectivity index (χ1) is 11.7. The maximum absolute atomic E-state index is 12.5. The Balaban J connectivity index is 1.81. The second-order valence-corrected chi connectivity index (χ2v) is 5.46. The molecule has 1 amide bonds. The summed E-state index contributed by atoms with van der Waals surface area (Å²) in [5, 5.41) is 7.72. The Morgan fingerprint density at radius 3 is 2.54 bits per heavy atom. The molecule has 0 spiro atoms. The molecule has 2 aromatic carbocycles. The van der Waals surface area contributed by atoms with E-state index in [1.807, 2.05) is 36.4 Å². The fourth-order valence-corrected chi connectivity index (χ4v) is 2.55. The number of carbonyl (C=O) groups excluding carboxylic acids is 1. The van der Waals surface area contributed by atoms with E-state index >= 15 is 0 Å². The number of nitrogens with one attached hydrogen (secondary N) is 2. The molecule has 0 radical (unpaired) electrons. The fourth-order valence-electron chi connectivity index (χ4n) is 2.34. The Labute approximate surface area is 144 Å². The van der Waals surface area contributed by atoms with Gasteiger partial charge in [0.1, 0.15) is 5.75 Å². The van der Waals surface area contributed by atoms with Crippen LogP contribution in [0.5, 0.6) is 5.75 Å². The zero-order chi connectivity index (χ0) is 16.9. The number of nitrogens with zero attached hydrogens (tertiary/aromatic N) is 1. The molecule has 2 N–H and O–H groups in total. The van der Waals surface area contributed by atoms with E-state index in [0.717, 1.165) is 10.8 Å². The minimum Gasteiger partial charge on any atom is -0.496 e. The summed E-state index contributed by atoms with van der Waals surface area (Å²) in [7, 11) is 1.53. The van der Waals surface area contributed by atoms with Crippen LogP contribution in [0.15, 0.2) is 60.9 Å². The van der Waals surface area contributed by atoms with Crippen molar-refractivity contribution in [2.24, 2.45) is 0 Å². The zero-order valence-electron chi connectivity index (χ0n) is 12.9. The SMILES string of the molecule is COc1cc2ccccc2cc1C(=O)NC(=S)Nc1cccnc1. The first-order valence-electron chi connectivity index (χ1n) is 7.26. The highest BCUT2D eigenvalue weighted by Crippen LogP contribution is 2.25. The maximum atomic E-state index is 12.5. The van der Waals surface area contributed by atoms with Crippen LogP contribution in [-0.2, 0) is 0 Å². The third-order valence-electron chi connectivity index (χ3n) is 3.46. The second-order valence-electron chi connectivity index (χ2n) is 5.05. The molecular formula is C18H15N3O2S. The summed E-state index contributed by atoms with van der Waals surface area (Å²) in [5.74, 6) is 0.161. The number of hydrogen-bond donors (Lipinski definition) is 2. The molecule has 0 unspecified atom stereocenters. The van der Waals surface area contributed by atoms with Crippen molar-refractivity contribution in [1.82, 2.24) is 10.3 Å². The summed E-state index contributed by atoms with van der Waals surface area (Å²) < 4.78 is 5.34. The van der Waals surface area contributed by atoms with E-state index in [9.17, 15) is 4.79 Å². The van der Waals surface area contributed by atoms with E-state index in [-0.39, 0.29) is 11.0 Å². The van der Waals surface area contributed by atoms with Crippen LogP contribution in [-0.4, -0.2) is 23.1 Å². The van der Waals surface area contributed by atoms with Gasteiger partial charge in [0, 0.05) is 6.20 Å². The van der Waals surface area contributed by atoms with Crippen molar-refractivity contribution in [2.75, 3.05) is 12.4 Å². The highest BCUT2D eigenvalue weighted by Gasteiger charge is 2.15. The first kappa shape index (κ1) is 15.9. The van der Waals surface area contributed by atoms with Gasteiger partial charge in [-0.05, 0) is 47.3 Å². The number of aromatic nitrogens is 1. The van der Waals surface area contributed by atoms with Crippen molar-refractivity contribution in [3.8, 4) is 5.75 Å². The van der Waals surface area contributed by atoms with Crippen LogP contribution in [0.3, 0.4) is 0 Å². The fraction of sp³-hybridized carbons (Fsp3) is 0.0556. The van der Waals surface area contributed by atoms with Crippen molar-refractivity contribution in [1.29, 1.82) is 0 Å². The lowest BCUT2D eigenvalue weighted by molar-refractivity contribution is 0.0975. The van der Waals surface area contributed by atoms with Crippen LogP contribution in [0.4, 0.5) is 5.69 Å². The quantitative estimate of drug-likeness (QED) is 0.718. The molecule has 0 saturated carbocycles. The van der Waals surface area contributed by atoms with E-state index < -0.39 is 0 Å². The number of anilines is 1. The molecule has 6 heteroatoms. The average Bonchev–Trinajstić information content (AvgIpc) is 2.61. The molecule has 120 valence electrons. The number of pyridine rings is 1. The van der Waals surface area contributed by atoms with Crippen LogP contribution in [0.25, 0.3) is 10.8 Å². The standard InChI is InChI=1S/C18H15N3O2S/c1-23-16-10-13-6-3-2-5-12(13)9-15(16)17(22)21-18(24)20-14-7-4-8-19-11-14/h2-11H,1H3,(H2,20,21,22,24). The third kappa shape index (κ3) is 3.49. The summed E-state index contributed by atoms with van der Waals surface area (Å²) in [6.07, 6.45) is 3.28. The van der Waals surface area contributed by atoms with Crippen LogP contribution in [0.2, 0.25) is 0 Å². The number of ether oxygens (including phenoxy) is 1. The molecule has 0 aliphatic heterocycles. The highest BCUT2D eigenvalue weighted by atomic mass is 32.1. The number of thiocarbonyl (C=S) groups is 1. The lowest BCUT2D eigenvalue weighted by Crippen LogP contribution is -2.34. The smallest absolute Gasteiger partial charge is 0.261 e. The predicted octanol–water partition coefficient (Wildman–Crippen LogP) is 3.37. The third-order valence-corrected chi connectivity index (χ3v) is 3.66. The van der Waals surface area contributed by atoms with Crippen molar-refractivity contribution in [2.45, 2.75) is 0 Å². The van der Waals surface area contributed by atoms with Crippen LogP contribution in [0.1, 0.15) is 10.4 Å². The van der Waals surface area contributed by atoms with Gasteiger partial charge in [-0.3, -0.25) is 15.1 Å². The molecule has 0 aliphatic carbocycles. The van der Waals surface area contributed by atoms with Gasteiger partial charge in [0.05, 0.1) is 24.6 Å². The molecule has 0 saturated heterocycles. The van der Waals surface area contributed by atoms with Gasteiger partial charge in [-0.15, -0.1) is 0 Å². The Morgan fingerprint density at radius 2 is 1.88 bits per heavy atom. The van der Waals surface area contributed by atoms with Gasteiger partial charge >= 0.3 is 0 Å². The molecule has 0 atom stereocenters. The number of carbonyl (C=O) groups is 1. The number of hydrogen-bond acceptors (Lipinski definition) is 4. The molecular weight excluding hydrogens is 322 g/mol. The summed E-state index contributed by atoms with van der Waals surface area (Å²) in [6.45, 7) is 0. The Hall–Kier alpha value is -2.99. The molecule has 0 bridgehead atoms. The average molecular weight is 337 g/mol. The van der Waals surface area contributed by atoms with E-state index in [1.165, 1.54) is 7.11 Å². The van der Waals surface area contributed by atoms with Crippen LogP contribution in [0, 0.1) is 0 Å². The van der Waals surface area contributed by atoms with E-state index in [0.29, 0.717) is 17.0 Å². The maximum Gasteiger partial charge on any atom is 0.261 e. The zero-order valence-corrected chi connectivity index (χ0v) is 13.8. The van der Waals surface area contributed by atoms with Gasteiger partial charge < -0.3 is 10.1 Å². The summed E-state index contributed by atoms with van der Waals surface area (Å²) in [4.78, 5) is 16.5. The predicted molar refractivity (Wildman–Crippen MR) is 98.4 cm³/mol. The Kier molecular flexibility index (Phi) is 4.67. The summed E-state index contributed by atoms with van der Waals surface area (Å²) in [6, 6.07) is 15.0. The largest absolute Gasteiger partial charge is 0.496 e.